The third-order valence-electron chi connectivity index (χ3n) is 10.5. The van der Waals surface area contributed by atoms with Gasteiger partial charge in [-0.15, -0.1) is 0 Å². The van der Waals surface area contributed by atoms with Crippen LogP contribution in [-0.2, 0) is 10.8 Å². The highest BCUT2D eigenvalue weighted by molar-refractivity contribution is 5.60. The van der Waals surface area contributed by atoms with Crippen molar-refractivity contribution in [1.82, 2.24) is 19.9 Å². The molecule has 5 heterocycles. The number of pyridine rings is 4. The van der Waals surface area contributed by atoms with Crippen molar-refractivity contribution in [3.8, 4) is 34.9 Å². The van der Waals surface area contributed by atoms with Crippen molar-refractivity contribution in [2.75, 3.05) is 0 Å². The van der Waals surface area contributed by atoms with Gasteiger partial charge in [-0.25, -0.2) is 19.9 Å². The Hall–Kier alpha value is -4.42. The summed E-state index contributed by atoms with van der Waals surface area (Å²) < 4.78 is 0. The fourth-order valence-electron chi connectivity index (χ4n) is 7.42. The predicted octanol–water partition coefficient (Wildman–Crippen LogP) is 11.6. The molecule has 0 aliphatic carbocycles. The number of fused-ring (bicyclic) bond motifs is 10. The summed E-state index contributed by atoms with van der Waals surface area (Å²) in [6.07, 6.45) is 20.2. The third kappa shape index (κ3) is 8.65. The lowest BCUT2D eigenvalue weighted by atomic mass is 9.76. The summed E-state index contributed by atoms with van der Waals surface area (Å²) >= 11 is 0. The smallest absolute Gasteiger partial charge is 0.141 e. The van der Waals surface area contributed by atoms with Crippen molar-refractivity contribution in [1.29, 1.82) is 10.5 Å². The Morgan fingerprint density at radius 1 is 0.400 bits per heavy atom. The average molecular weight is 667 g/mol. The monoisotopic (exact) mass is 666 g/mol. The standard InChI is InChI=1S/C44H54N6/c1-3-5-7-9-11-13-15-17-31-43(33-45)39-27-19-23-35(47-39)37-25-21-29-41(49-37)44(34-46,32-18-16-14-12-10-8-6-4-2)42-30-22-26-38(50-42)36-24-20-28-40(43)48-36/h19-30H,3-18,31-32H2,1-2H3. The molecule has 0 fully saturated rings. The van der Waals surface area contributed by atoms with Gasteiger partial charge in [-0.3, -0.25) is 0 Å². The first-order valence-electron chi connectivity index (χ1n) is 19.3. The van der Waals surface area contributed by atoms with Crippen LogP contribution in [0.2, 0.25) is 0 Å². The first-order valence-corrected chi connectivity index (χ1v) is 19.3. The summed E-state index contributed by atoms with van der Waals surface area (Å²) in [4.78, 5) is 20.6. The average Bonchev–Trinajstić information content (AvgIpc) is 3.17. The van der Waals surface area contributed by atoms with Crippen LogP contribution in [-0.4, -0.2) is 19.9 Å². The highest BCUT2D eigenvalue weighted by atomic mass is 14.9. The Bertz CT molecular complexity index is 1530. The van der Waals surface area contributed by atoms with Crippen LogP contribution in [0.3, 0.4) is 0 Å². The molecule has 260 valence electrons. The Balaban J connectivity index is 1.53. The van der Waals surface area contributed by atoms with E-state index in [1.54, 1.807) is 0 Å². The maximum absolute atomic E-state index is 11.0. The lowest BCUT2D eigenvalue weighted by molar-refractivity contribution is 0.495. The summed E-state index contributed by atoms with van der Waals surface area (Å²) in [6.45, 7) is 4.49. The van der Waals surface area contributed by atoms with Crippen LogP contribution in [0.15, 0.2) is 72.8 Å². The molecule has 0 amide bonds. The minimum atomic E-state index is -1.03. The van der Waals surface area contributed by atoms with E-state index >= 15 is 0 Å². The van der Waals surface area contributed by atoms with Crippen LogP contribution in [0, 0.1) is 22.7 Å². The van der Waals surface area contributed by atoms with E-state index in [9.17, 15) is 10.5 Å². The molecule has 0 aromatic carbocycles. The Morgan fingerprint density at radius 3 is 0.920 bits per heavy atom. The second kappa shape index (κ2) is 18.5. The Kier molecular flexibility index (Phi) is 13.7. The lowest BCUT2D eigenvalue weighted by Gasteiger charge is -2.28. The van der Waals surface area contributed by atoms with Gasteiger partial charge < -0.3 is 0 Å². The molecule has 0 saturated carbocycles. The molecule has 5 rings (SSSR count). The second-order valence-electron chi connectivity index (χ2n) is 14.1. The summed E-state index contributed by atoms with van der Waals surface area (Å²) in [5, 5.41) is 22.1. The summed E-state index contributed by atoms with van der Waals surface area (Å²) in [5.74, 6) is 0. The van der Waals surface area contributed by atoms with Gasteiger partial charge in [0.05, 0.1) is 57.7 Å². The van der Waals surface area contributed by atoms with Gasteiger partial charge in [-0.1, -0.05) is 141 Å². The van der Waals surface area contributed by atoms with Gasteiger partial charge in [-0.05, 0) is 61.4 Å². The summed E-state index contributed by atoms with van der Waals surface area (Å²) in [5.41, 5.74) is 3.43. The highest BCUT2D eigenvalue weighted by Gasteiger charge is 2.40. The normalized spacial score (nSPS) is 17.8. The minimum absolute atomic E-state index is 0.627. The maximum Gasteiger partial charge on any atom is 0.141 e. The van der Waals surface area contributed by atoms with Gasteiger partial charge in [0, 0.05) is 0 Å². The fourth-order valence-corrected chi connectivity index (χ4v) is 7.42. The number of nitrogens with zero attached hydrogens (tertiary/aromatic N) is 6. The highest BCUT2D eigenvalue weighted by Crippen LogP contribution is 2.40. The third-order valence-corrected chi connectivity index (χ3v) is 10.5. The summed E-state index contributed by atoms with van der Waals surface area (Å²) in [7, 11) is 0. The number of rotatable bonds is 18. The number of hydrogen-bond acceptors (Lipinski definition) is 6. The van der Waals surface area contributed by atoms with E-state index in [1.807, 2.05) is 72.8 Å². The maximum atomic E-state index is 11.0. The second-order valence-corrected chi connectivity index (χ2v) is 14.1. The first-order chi connectivity index (χ1) is 24.6. The number of nitriles is 2. The van der Waals surface area contributed by atoms with Crippen LogP contribution < -0.4 is 0 Å². The van der Waals surface area contributed by atoms with E-state index < -0.39 is 10.8 Å². The zero-order valence-corrected chi connectivity index (χ0v) is 30.3. The SMILES string of the molecule is CCCCCCCCCCC1(C#N)c2cccc(n2)-c2cccc(n2)C(C#N)(CCCCCCCCCC)c2cccc(n2)-c2cccc1n2. The molecule has 8 bridgehead atoms. The van der Waals surface area contributed by atoms with E-state index in [0.717, 1.165) is 25.7 Å². The van der Waals surface area contributed by atoms with Crippen molar-refractivity contribution >= 4 is 0 Å². The van der Waals surface area contributed by atoms with Crippen LogP contribution in [0.25, 0.3) is 22.8 Å². The van der Waals surface area contributed by atoms with Crippen LogP contribution in [0.1, 0.15) is 152 Å². The first kappa shape index (κ1) is 36.9. The molecular weight excluding hydrogens is 613 g/mol. The molecule has 0 atom stereocenters. The molecular formula is C44H54N6. The van der Waals surface area contributed by atoms with E-state index in [1.165, 1.54) is 77.0 Å². The molecule has 6 nitrogen and oxygen atoms in total. The molecule has 0 spiro atoms. The van der Waals surface area contributed by atoms with Crippen molar-refractivity contribution in [2.24, 2.45) is 0 Å². The zero-order valence-electron chi connectivity index (χ0n) is 30.3. The molecule has 50 heavy (non-hydrogen) atoms. The quantitative estimate of drug-likeness (QED) is 0.0980. The van der Waals surface area contributed by atoms with Crippen molar-refractivity contribution in [3.63, 3.8) is 0 Å². The molecule has 1 aliphatic rings. The molecule has 4 aromatic rings. The molecule has 0 radical (unpaired) electrons. The number of hydrogen-bond donors (Lipinski definition) is 0. The number of aromatic nitrogens is 4. The van der Waals surface area contributed by atoms with Crippen LogP contribution in [0.4, 0.5) is 0 Å². The van der Waals surface area contributed by atoms with Gasteiger partial charge in [0.1, 0.15) is 10.8 Å². The van der Waals surface area contributed by atoms with Gasteiger partial charge in [-0.2, -0.15) is 10.5 Å². The van der Waals surface area contributed by atoms with E-state index in [2.05, 4.69) is 26.0 Å². The summed E-state index contributed by atoms with van der Waals surface area (Å²) in [6, 6.07) is 29.0. The molecule has 4 aromatic heterocycles. The minimum Gasteiger partial charge on any atom is -0.249 e. The lowest BCUT2D eigenvalue weighted by Crippen LogP contribution is -2.30. The van der Waals surface area contributed by atoms with Gasteiger partial charge >= 0.3 is 0 Å². The van der Waals surface area contributed by atoms with Gasteiger partial charge in [0.2, 0.25) is 0 Å². The zero-order chi connectivity index (χ0) is 35.1. The molecule has 1 aliphatic heterocycles. The van der Waals surface area contributed by atoms with E-state index in [-0.39, 0.29) is 0 Å². The van der Waals surface area contributed by atoms with Crippen molar-refractivity contribution in [2.45, 2.75) is 140 Å². The number of unbranched alkanes of at least 4 members (excludes halogenated alkanes) is 14. The topological polar surface area (TPSA) is 99.1 Å². The molecule has 0 N–H and O–H groups in total. The van der Waals surface area contributed by atoms with Crippen molar-refractivity contribution in [3.05, 3.63) is 95.6 Å². The largest absolute Gasteiger partial charge is 0.249 e. The van der Waals surface area contributed by atoms with Gasteiger partial charge in [0.15, 0.2) is 0 Å². The van der Waals surface area contributed by atoms with Crippen molar-refractivity contribution < 1.29 is 0 Å². The Labute approximate surface area is 300 Å². The predicted molar refractivity (Wildman–Crippen MR) is 202 cm³/mol. The van der Waals surface area contributed by atoms with E-state index in [4.69, 9.17) is 19.9 Å². The van der Waals surface area contributed by atoms with E-state index in [0.29, 0.717) is 58.4 Å². The Morgan fingerprint density at radius 2 is 0.660 bits per heavy atom. The van der Waals surface area contributed by atoms with Crippen LogP contribution >= 0.6 is 0 Å². The molecule has 6 heteroatoms. The fraction of sp³-hybridized carbons (Fsp3) is 0.500. The van der Waals surface area contributed by atoms with Gasteiger partial charge in [0.25, 0.3) is 0 Å². The molecule has 0 unspecified atom stereocenters. The van der Waals surface area contributed by atoms with Crippen LogP contribution in [0.5, 0.6) is 0 Å². The molecule has 0 saturated heterocycles.